The highest BCUT2D eigenvalue weighted by atomic mass is 32.1. The van der Waals surface area contributed by atoms with E-state index < -0.39 is 5.41 Å². The maximum atomic E-state index is 6.70. The number of rotatable bonds is 6. The molecule has 14 aromatic rings. The van der Waals surface area contributed by atoms with Crippen molar-refractivity contribution in [1.82, 2.24) is 15.0 Å². The Morgan fingerprint density at radius 1 is 0.314 bits per heavy atom. The zero-order chi connectivity index (χ0) is 45.9. The van der Waals surface area contributed by atoms with Crippen LogP contribution in [0.1, 0.15) is 22.3 Å². The number of furan rings is 1. The van der Waals surface area contributed by atoms with Crippen molar-refractivity contribution >= 4 is 85.0 Å². The number of nitrogens with zero attached hydrogens (tertiary/aromatic N) is 3. The first-order valence-electron chi connectivity index (χ1n) is 23.6. The molecule has 0 amide bonds. The van der Waals surface area contributed by atoms with E-state index in [0.717, 1.165) is 55.1 Å². The number of hydrogen-bond acceptors (Lipinski definition) is 6. The van der Waals surface area contributed by atoms with E-state index >= 15 is 0 Å². The van der Waals surface area contributed by atoms with Crippen LogP contribution in [0.5, 0.6) is 0 Å². The van der Waals surface area contributed by atoms with Gasteiger partial charge in [0.05, 0.1) is 5.41 Å². The molecule has 0 spiro atoms. The van der Waals surface area contributed by atoms with Crippen molar-refractivity contribution in [2.45, 2.75) is 5.41 Å². The second-order valence-corrected chi connectivity index (χ2v) is 20.3. The van der Waals surface area contributed by atoms with Crippen LogP contribution in [0.25, 0.3) is 119 Å². The maximum Gasteiger partial charge on any atom is 0.164 e. The first-order chi connectivity index (χ1) is 34.7. The van der Waals surface area contributed by atoms with E-state index in [2.05, 4.69) is 218 Å². The van der Waals surface area contributed by atoms with Gasteiger partial charge in [-0.25, -0.2) is 15.0 Å². The Balaban J connectivity index is 0.939. The molecule has 1 aliphatic carbocycles. The molecule has 70 heavy (non-hydrogen) atoms. The molecule has 0 fully saturated rings. The molecular formula is C64H37N3OS2. The van der Waals surface area contributed by atoms with E-state index in [1.54, 1.807) is 22.7 Å². The first kappa shape index (κ1) is 39.4. The summed E-state index contributed by atoms with van der Waals surface area (Å²) < 4.78 is 11.6. The molecule has 0 N–H and O–H groups in total. The number of hydrogen-bond donors (Lipinski definition) is 0. The van der Waals surface area contributed by atoms with Crippen molar-refractivity contribution in [1.29, 1.82) is 0 Å². The van der Waals surface area contributed by atoms with Gasteiger partial charge in [-0.3, -0.25) is 0 Å². The molecule has 4 heterocycles. The van der Waals surface area contributed by atoms with Crippen LogP contribution in [0.2, 0.25) is 0 Å². The zero-order valence-electron chi connectivity index (χ0n) is 37.4. The average Bonchev–Trinajstić information content (AvgIpc) is 4.19. The van der Waals surface area contributed by atoms with Gasteiger partial charge in [-0.2, -0.15) is 0 Å². The summed E-state index contributed by atoms with van der Waals surface area (Å²) in [5.41, 5.74) is 13.7. The number of benzene rings is 10. The maximum absolute atomic E-state index is 6.70. The summed E-state index contributed by atoms with van der Waals surface area (Å²) in [5, 5.41) is 6.82. The molecule has 0 bridgehead atoms. The highest BCUT2D eigenvalue weighted by Crippen LogP contribution is 2.57. The lowest BCUT2D eigenvalue weighted by Crippen LogP contribution is -2.28. The van der Waals surface area contributed by atoms with E-state index in [1.807, 2.05) is 6.07 Å². The molecular weight excluding hydrogens is 891 g/mol. The Morgan fingerprint density at radius 3 is 1.67 bits per heavy atom. The van der Waals surface area contributed by atoms with Crippen molar-refractivity contribution in [2.75, 3.05) is 0 Å². The van der Waals surface area contributed by atoms with Crippen LogP contribution in [0.3, 0.4) is 0 Å². The van der Waals surface area contributed by atoms with Crippen LogP contribution in [0.4, 0.5) is 0 Å². The molecule has 0 saturated heterocycles. The molecule has 0 radical (unpaired) electrons. The Bertz CT molecular complexity index is 4390. The summed E-state index contributed by atoms with van der Waals surface area (Å²) in [6.45, 7) is 0. The molecule has 326 valence electrons. The minimum atomic E-state index is -0.501. The topological polar surface area (TPSA) is 51.8 Å². The van der Waals surface area contributed by atoms with Gasteiger partial charge >= 0.3 is 0 Å². The van der Waals surface area contributed by atoms with E-state index in [1.165, 1.54) is 68.3 Å². The minimum Gasteiger partial charge on any atom is -0.456 e. The smallest absolute Gasteiger partial charge is 0.164 e. The van der Waals surface area contributed by atoms with Gasteiger partial charge in [-0.1, -0.05) is 176 Å². The fourth-order valence-corrected chi connectivity index (χ4v) is 13.7. The number of aromatic nitrogens is 3. The molecule has 4 aromatic heterocycles. The van der Waals surface area contributed by atoms with Crippen molar-refractivity contribution in [3.63, 3.8) is 0 Å². The Kier molecular flexibility index (Phi) is 8.58. The standard InChI is InChI=1S/C64H37N3OS2/c1-3-15-41(16-4-1)64(42-17-5-2-6-18-42)51-24-10-7-19-43(51)44-32-29-39(36-52(44)64)38-31-34-53-50(35-38)59-48(22-13-25-54(59)68-53)62-65-61(40-30-33-46-45-20-8-11-26-55(45)70-58(46)37-40)66-63(67-62)49-23-14-28-57-60(49)47-21-9-12-27-56(47)69-57/h1-37H. The Hall–Kier alpha value is -8.55. The van der Waals surface area contributed by atoms with Gasteiger partial charge in [-0.05, 0) is 93.0 Å². The summed E-state index contributed by atoms with van der Waals surface area (Å²) in [6, 6.07) is 81.0. The van der Waals surface area contributed by atoms with Crippen molar-refractivity contribution < 1.29 is 4.42 Å². The van der Waals surface area contributed by atoms with Crippen LogP contribution in [-0.4, -0.2) is 15.0 Å². The van der Waals surface area contributed by atoms with Gasteiger partial charge in [-0.15, -0.1) is 22.7 Å². The number of thiophene rings is 2. The van der Waals surface area contributed by atoms with Crippen molar-refractivity contribution in [2.24, 2.45) is 0 Å². The Labute approximate surface area is 410 Å². The summed E-state index contributed by atoms with van der Waals surface area (Å²) in [6.07, 6.45) is 0. The van der Waals surface area contributed by atoms with Gasteiger partial charge < -0.3 is 4.42 Å². The zero-order valence-corrected chi connectivity index (χ0v) is 39.1. The van der Waals surface area contributed by atoms with Gasteiger partial charge in [0, 0.05) is 67.8 Å². The van der Waals surface area contributed by atoms with E-state index in [9.17, 15) is 0 Å². The molecule has 6 heteroatoms. The van der Waals surface area contributed by atoms with Crippen LogP contribution < -0.4 is 0 Å². The molecule has 0 atom stereocenters. The van der Waals surface area contributed by atoms with E-state index in [0.29, 0.717) is 17.5 Å². The fourth-order valence-electron chi connectivity index (χ4n) is 11.4. The van der Waals surface area contributed by atoms with Gasteiger partial charge in [0.25, 0.3) is 0 Å². The summed E-state index contributed by atoms with van der Waals surface area (Å²) in [7, 11) is 0. The Morgan fingerprint density at radius 2 is 0.871 bits per heavy atom. The van der Waals surface area contributed by atoms with Crippen molar-refractivity contribution in [3.8, 4) is 56.4 Å². The average molecular weight is 928 g/mol. The van der Waals surface area contributed by atoms with Crippen LogP contribution in [0, 0.1) is 0 Å². The molecule has 10 aromatic carbocycles. The summed E-state index contributed by atoms with van der Waals surface area (Å²) in [4.78, 5) is 16.2. The molecule has 0 saturated carbocycles. The van der Waals surface area contributed by atoms with E-state index in [4.69, 9.17) is 19.4 Å². The highest BCUT2D eigenvalue weighted by molar-refractivity contribution is 7.26. The third-order valence-corrected chi connectivity index (χ3v) is 16.7. The SMILES string of the molecule is c1ccc(C2(c3ccccc3)c3ccccc3-c3ccc(-c4ccc5oc6cccc(-c7nc(-c8ccc9c(c8)sc8ccccc89)nc(-c8cccc9sc%10ccccc%10c89)n7)c6c5c4)cc32)cc1. The highest BCUT2D eigenvalue weighted by Gasteiger charge is 2.46. The number of fused-ring (bicyclic) bond motifs is 12. The molecule has 0 unspecified atom stereocenters. The minimum absolute atomic E-state index is 0.501. The second kappa shape index (κ2) is 15.2. The summed E-state index contributed by atoms with van der Waals surface area (Å²) >= 11 is 3.60. The predicted octanol–water partition coefficient (Wildman–Crippen LogP) is 17.5. The van der Waals surface area contributed by atoms with Crippen LogP contribution in [0.15, 0.2) is 229 Å². The molecule has 1 aliphatic rings. The van der Waals surface area contributed by atoms with Gasteiger partial charge in [0.2, 0.25) is 0 Å². The normalized spacial score (nSPS) is 13.0. The molecule has 15 rings (SSSR count). The third kappa shape index (κ3) is 5.78. The molecule has 0 aliphatic heterocycles. The first-order valence-corrected chi connectivity index (χ1v) is 25.2. The fraction of sp³-hybridized carbons (Fsp3) is 0.0156. The summed E-state index contributed by atoms with van der Waals surface area (Å²) in [5.74, 6) is 1.86. The lowest BCUT2D eigenvalue weighted by molar-refractivity contribution is 0.669. The molecule has 4 nitrogen and oxygen atoms in total. The monoisotopic (exact) mass is 927 g/mol. The van der Waals surface area contributed by atoms with Gasteiger partial charge in [0.15, 0.2) is 17.5 Å². The van der Waals surface area contributed by atoms with Crippen LogP contribution in [-0.2, 0) is 5.41 Å². The largest absolute Gasteiger partial charge is 0.456 e. The lowest BCUT2D eigenvalue weighted by atomic mass is 9.67. The van der Waals surface area contributed by atoms with E-state index in [-0.39, 0.29) is 0 Å². The second-order valence-electron chi connectivity index (χ2n) is 18.2. The quantitative estimate of drug-likeness (QED) is 0.167. The third-order valence-electron chi connectivity index (χ3n) is 14.4. The predicted molar refractivity (Wildman–Crippen MR) is 292 cm³/mol. The lowest BCUT2D eigenvalue weighted by Gasteiger charge is -2.34. The van der Waals surface area contributed by atoms with Crippen molar-refractivity contribution in [3.05, 3.63) is 247 Å². The van der Waals surface area contributed by atoms with Gasteiger partial charge in [0.1, 0.15) is 11.2 Å². The van der Waals surface area contributed by atoms with Crippen LogP contribution >= 0.6 is 22.7 Å².